The van der Waals surface area contributed by atoms with Crippen LogP contribution in [0.3, 0.4) is 0 Å². The lowest BCUT2D eigenvalue weighted by atomic mass is 9.83. The Morgan fingerprint density at radius 1 is 1.09 bits per heavy atom. The monoisotopic (exact) mass is 497 g/mol. The minimum Gasteiger partial charge on any atom is -0.368 e. The third kappa shape index (κ3) is 4.81. The normalized spacial score (nSPS) is 22.6. The number of nitrogens with one attached hydrogen (secondary N) is 2. The van der Waals surface area contributed by atoms with Crippen LogP contribution < -0.4 is 10.6 Å². The fourth-order valence-electron chi connectivity index (χ4n) is 5.58. The molecule has 1 saturated carbocycles. The Labute approximate surface area is 208 Å². The van der Waals surface area contributed by atoms with Crippen molar-refractivity contribution in [3.05, 3.63) is 41.1 Å². The van der Waals surface area contributed by atoms with Gasteiger partial charge in [0.05, 0.1) is 17.6 Å². The summed E-state index contributed by atoms with van der Waals surface area (Å²) >= 11 is 6.42. The van der Waals surface area contributed by atoms with Crippen LogP contribution in [0, 0.1) is 11.7 Å². The number of rotatable bonds is 7. The number of hydrogen-bond donors (Lipinski definition) is 2. The van der Waals surface area contributed by atoms with Crippen molar-refractivity contribution >= 4 is 29.1 Å². The lowest BCUT2D eigenvalue weighted by molar-refractivity contribution is 0.0649. The summed E-state index contributed by atoms with van der Waals surface area (Å²) in [6.45, 7) is 3.23. The van der Waals surface area contributed by atoms with Crippen LogP contribution in [0.15, 0.2) is 24.7 Å². The van der Waals surface area contributed by atoms with Gasteiger partial charge in [0.1, 0.15) is 17.2 Å². The number of anilines is 3. The molecule has 2 aromatic heterocycles. The summed E-state index contributed by atoms with van der Waals surface area (Å²) in [7, 11) is 0. The predicted molar refractivity (Wildman–Crippen MR) is 132 cm³/mol. The Morgan fingerprint density at radius 2 is 1.97 bits per heavy atom. The highest BCUT2D eigenvalue weighted by molar-refractivity contribution is 6.32. The second-order valence-corrected chi connectivity index (χ2v) is 10.2. The van der Waals surface area contributed by atoms with Gasteiger partial charge in [0, 0.05) is 12.6 Å². The van der Waals surface area contributed by atoms with E-state index in [4.69, 9.17) is 11.6 Å². The molecule has 184 valence electrons. The van der Waals surface area contributed by atoms with Crippen molar-refractivity contribution in [1.82, 2.24) is 35.1 Å². The van der Waals surface area contributed by atoms with E-state index in [1.165, 1.54) is 51.5 Å². The van der Waals surface area contributed by atoms with Gasteiger partial charge in [-0.15, -0.1) is 5.10 Å². The number of tetrazole rings is 1. The second-order valence-electron chi connectivity index (χ2n) is 9.82. The van der Waals surface area contributed by atoms with E-state index in [1.54, 1.807) is 23.0 Å². The van der Waals surface area contributed by atoms with Gasteiger partial charge in [-0.2, -0.15) is 4.98 Å². The highest BCUT2D eigenvalue weighted by Gasteiger charge is 2.33. The van der Waals surface area contributed by atoms with Gasteiger partial charge >= 0.3 is 0 Å². The molecule has 11 heteroatoms. The number of fused-ring (bicyclic) bond motifs is 1. The van der Waals surface area contributed by atoms with Crippen LogP contribution in [0.25, 0.3) is 5.69 Å². The Morgan fingerprint density at radius 3 is 2.80 bits per heavy atom. The first-order valence-electron chi connectivity index (χ1n) is 12.5. The molecule has 9 nitrogen and oxygen atoms in total. The number of benzene rings is 1. The molecule has 2 atom stereocenters. The van der Waals surface area contributed by atoms with E-state index in [9.17, 15) is 0 Å². The Kier molecular flexibility index (Phi) is 6.24. The van der Waals surface area contributed by atoms with Gasteiger partial charge in [-0.3, -0.25) is 0 Å². The molecule has 0 amide bonds. The van der Waals surface area contributed by atoms with Gasteiger partial charge in [-0.05, 0) is 91.6 Å². The molecule has 2 saturated heterocycles. The molecule has 1 aliphatic carbocycles. The number of hydrogen-bond acceptors (Lipinski definition) is 8. The van der Waals surface area contributed by atoms with E-state index in [-0.39, 0.29) is 17.5 Å². The molecular weight excluding hydrogens is 469 g/mol. The zero-order chi connectivity index (χ0) is 23.8. The molecule has 3 aromatic rings. The van der Waals surface area contributed by atoms with Crippen LogP contribution >= 0.6 is 11.6 Å². The molecule has 4 heterocycles. The fourth-order valence-corrected chi connectivity index (χ4v) is 5.74. The van der Waals surface area contributed by atoms with Gasteiger partial charge in [0.15, 0.2) is 5.82 Å². The van der Waals surface area contributed by atoms with Crippen molar-refractivity contribution in [3.8, 4) is 5.69 Å². The third-order valence-corrected chi connectivity index (χ3v) is 7.76. The summed E-state index contributed by atoms with van der Waals surface area (Å²) in [4.78, 5) is 11.5. The van der Waals surface area contributed by atoms with Gasteiger partial charge < -0.3 is 15.5 Å². The molecule has 1 aromatic carbocycles. The van der Waals surface area contributed by atoms with Crippen molar-refractivity contribution in [1.29, 1.82) is 0 Å². The topological polar surface area (TPSA) is 96.7 Å². The summed E-state index contributed by atoms with van der Waals surface area (Å²) in [5.41, 5.74) is 1.92. The molecule has 35 heavy (non-hydrogen) atoms. The number of aromatic nitrogens is 6. The summed E-state index contributed by atoms with van der Waals surface area (Å²) in [6, 6.07) is 3.90. The van der Waals surface area contributed by atoms with Crippen LogP contribution in [0.2, 0.25) is 5.02 Å². The Hall–Kier alpha value is -2.85. The van der Waals surface area contributed by atoms with Crippen molar-refractivity contribution in [2.75, 3.05) is 30.3 Å². The molecule has 0 spiro atoms. The average Bonchev–Trinajstić information content (AvgIpc) is 3.58. The second kappa shape index (κ2) is 9.66. The molecule has 0 radical (unpaired) electrons. The van der Waals surface area contributed by atoms with E-state index >= 15 is 4.39 Å². The maximum absolute atomic E-state index is 15.0. The summed E-state index contributed by atoms with van der Waals surface area (Å²) in [5.74, 6) is 1.38. The Bertz CT molecular complexity index is 1180. The lowest BCUT2D eigenvalue weighted by Crippen LogP contribution is -2.49. The minimum absolute atomic E-state index is 0.262. The van der Waals surface area contributed by atoms with Gasteiger partial charge in [-0.25, -0.2) is 14.1 Å². The molecule has 2 N–H and O–H groups in total. The maximum atomic E-state index is 15.0. The van der Waals surface area contributed by atoms with Crippen LogP contribution in [-0.2, 0) is 0 Å². The smallest absolute Gasteiger partial charge is 0.229 e. The van der Waals surface area contributed by atoms with Crippen molar-refractivity contribution in [2.24, 2.45) is 5.92 Å². The molecule has 3 aliphatic rings. The lowest BCUT2D eigenvalue weighted by Gasteiger charge is -2.44. The van der Waals surface area contributed by atoms with Gasteiger partial charge in [0.2, 0.25) is 5.95 Å². The van der Waals surface area contributed by atoms with E-state index in [2.05, 4.69) is 41.0 Å². The Balaban J connectivity index is 1.20. The maximum Gasteiger partial charge on any atom is 0.229 e. The summed E-state index contributed by atoms with van der Waals surface area (Å²) in [5, 5.41) is 18.4. The highest BCUT2D eigenvalue weighted by atomic mass is 35.5. The number of halogens is 2. The van der Waals surface area contributed by atoms with Crippen LogP contribution in [0.1, 0.15) is 56.4 Å². The van der Waals surface area contributed by atoms with Gasteiger partial charge in [0.25, 0.3) is 0 Å². The zero-order valence-electron chi connectivity index (χ0n) is 19.5. The quantitative estimate of drug-likeness (QED) is 0.491. The first-order chi connectivity index (χ1) is 17.2. The van der Waals surface area contributed by atoms with E-state index in [1.807, 2.05) is 0 Å². The molecular formula is C24H29ClFN9. The summed E-state index contributed by atoms with van der Waals surface area (Å²) < 4.78 is 16.6. The van der Waals surface area contributed by atoms with Crippen molar-refractivity contribution in [2.45, 2.75) is 56.9 Å². The molecule has 6 rings (SSSR count). The third-order valence-electron chi connectivity index (χ3n) is 7.48. The largest absolute Gasteiger partial charge is 0.368 e. The number of piperidine rings is 2. The summed E-state index contributed by atoms with van der Waals surface area (Å²) in [6.07, 6.45) is 11.4. The van der Waals surface area contributed by atoms with Gasteiger partial charge in [-0.1, -0.05) is 18.0 Å². The molecule has 0 bridgehead atoms. The SMILES string of the molecule is Fc1cc(C2CC2)c(-n2cnnn2)cc1Nc1ncc(Cl)c(NC[C@@H]2CCCN3CCCC[C@H]23)n1. The molecule has 3 fully saturated rings. The average molecular weight is 498 g/mol. The zero-order valence-corrected chi connectivity index (χ0v) is 20.3. The highest BCUT2D eigenvalue weighted by Crippen LogP contribution is 2.44. The molecule has 0 unspecified atom stereocenters. The van der Waals surface area contributed by atoms with E-state index in [0.29, 0.717) is 28.7 Å². The minimum atomic E-state index is -0.364. The van der Waals surface area contributed by atoms with Crippen LogP contribution in [0.5, 0.6) is 0 Å². The first kappa shape index (κ1) is 22.6. The fraction of sp³-hybridized carbons (Fsp3) is 0.542. The molecule has 2 aliphatic heterocycles. The van der Waals surface area contributed by atoms with E-state index in [0.717, 1.165) is 30.6 Å². The van der Waals surface area contributed by atoms with Crippen LogP contribution in [-0.4, -0.2) is 60.8 Å². The van der Waals surface area contributed by atoms with Crippen molar-refractivity contribution < 1.29 is 4.39 Å². The van der Waals surface area contributed by atoms with E-state index < -0.39 is 0 Å². The van der Waals surface area contributed by atoms with Crippen LogP contribution in [0.4, 0.5) is 21.8 Å². The predicted octanol–water partition coefficient (Wildman–Crippen LogP) is 4.54. The van der Waals surface area contributed by atoms with Crippen molar-refractivity contribution in [3.63, 3.8) is 0 Å². The first-order valence-corrected chi connectivity index (χ1v) is 12.9. The number of nitrogens with zero attached hydrogens (tertiary/aromatic N) is 7. The standard InChI is InChI=1S/C24H29ClFN9/c25-18-13-28-24(31-23(18)27-12-16-4-3-9-34-8-2-1-5-21(16)34)30-20-11-22(35-14-29-32-33-35)17(10-19(20)26)15-6-7-15/h10-11,13-16,21H,1-9,12H2,(H2,27,28,30,31)/t16-,21+/m0/s1.